The van der Waals surface area contributed by atoms with E-state index < -0.39 is 12.7 Å². The molecule has 2 fully saturated rings. The predicted molar refractivity (Wildman–Crippen MR) is 78.1 cm³/mol. The molecule has 1 aliphatic carbocycles. The molecular weight excluding hydrogens is 279 g/mol. The van der Waals surface area contributed by atoms with Crippen LogP contribution in [0.5, 0.6) is 0 Å². The molecular formula is C15H28F3N3. The first-order chi connectivity index (χ1) is 9.82. The van der Waals surface area contributed by atoms with Crippen molar-refractivity contribution in [3.8, 4) is 0 Å². The standard InChI is InChI=1S/C15H28F3N3/c1-13-3-2-4-14(9-13,10-19)11-20-5-7-21(8-6-20)12-15(16,17)18/h13H,2-12,19H2,1H3. The number of piperazine rings is 1. The van der Waals surface area contributed by atoms with Crippen molar-refractivity contribution in [1.82, 2.24) is 9.80 Å². The van der Waals surface area contributed by atoms with Gasteiger partial charge in [0.2, 0.25) is 0 Å². The molecule has 0 bridgehead atoms. The summed E-state index contributed by atoms with van der Waals surface area (Å²) < 4.78 is 37.2. The second kappa shape index (κ2) is 6.84. The Bertz CT molecular complexity index is 327. The summed E-state index contributed by atoms with van der Waals surface area (Å²) >= 11 is 0. The van der Waals surface area contributed by atoms with Gasteiger partial charge in [0.15, 0.2) is 0 Å². The molecule has 2 aliphatic rings. The van der Waals surface area contributed by atoms with E-state index >= 15 is 0 Å². The molecule has 0 spiro atoms. The molecule has 0 radical (unpaired) electrons. The third-order valence-corrected chi connectivity index (χ3v) is 5.05. The summed E-state index contributed by atoms with van der Waals surface area (Å²) in [6.07, 6.45) is 0.746. The molecule has 1 saturated heterocycles. The monoisotopic (exact) mass is 307 g/mol. The van der Waals surface area contributed by atoms with Gasteiger partial charge >= 0.3 is 6.18 Å². The Morgan fingerprint density at radius 3 is 2.29 bits per heavy atom. The van der Waals surface area contributed by atoms with Crippen LogP contribution in [-0.2, 0) is 0 Å². The fourth-order valence-corrected chi connectivity index (χ4v) is 4.00. The average Bonchev–Trinajstić information content (AvgIpc) is 2.39. The van der Waals surface area contributed by atoms with E-state index in [0.717, 1.165) is 32.5 Å². The topological polar surface area (TPSA) is 32.5 Å². The van der Waals surface area contributed by atoms with Gasteiger partial charge in [0.05, 0.1) is 6.54 Å². The maximum absolute atomic E-state index is 12.4. The SMILES string of the molecule is CC1CCCC(CN)(CN2CCN(CC(F)(F)F)CC2)C1. The number of nitrogens with two attached hydrogens (primary N) is 1. The number of hydrogen-bond acceptors (Lipinski definition) is 3. The highest BCUT2D eigenvalue weighted by Gasteiger charge is 2.37. The molecule has 1 heterocycles. The van der Waals surface area contributed by atoms with Gasteiger partial charge in [0.1, 0.15) is 0 Å². The minimum absolute atomic E-state index is 0.184. The van der Waals surface area contributed by atoms with Crippen molar-refractivity contribution >= 4 is 0 Å². The molecule has 0 aromatic heterocycles. The fourth-order valence-electron chi connectivity index (χ4n) is 4.00. The first-order valence-electron chi connectivity index (χ1n) is 8.03. The third-order valence-electron chi connectivity index (χ3n) is 5.05. The van der Waals surface area contributed by atoms with E-state index in [1.807, 2.05) is 0 Å². The van der Waals surface area contributed by atoms with Crippen LogP contribution in [0.1, 0.15) is 32.6 Å². The first-order valence-corrected chi connectivity index (χ1v) is 8.03. The van der Waals surface area contributed by atoms with Gasteiger partial charge in [-0.2, -0.15) is 13.2 Å². The molecule has 0 aromatic carbocycles. The largest absolute Gasteiger partial charge is 0.401 e. The molecule has 2 rings (SSSR count). The number of hydrogen-bond donors (Lipinski definition) is 1. The Morgan fingerprint density at radius 2 is 1.76 bits per heavy atom. The third kappa shape index (κ3) is 5.11. The predicted octanol–water partition coefficient (Wildman–Crippen LogP) is 2.32. The van der Waals surface area contributed by atoms with E-state index in [2.05, 4.69) is 11.8 Å². The molecule has 2 unspecified atom stereocenters. The molecule has 124 valence electrons. The van der Waals surface area contributed by atoms with Crippen molar-refractivity contribution in [3.63, 3.8) is 0 Å². The van der Waals surface area contributed by atoms with E-state index in [1.165, 1.54) is 17.7 Å². The van der Waals surface area contributed by atoms with E-state index in [9.17, 15) is 13.2 Å². The Morgan fingerprint density at radius 1 is 1.14 bits per heavy atom. The molecule has 1 saturated carbocycles. The average molecular weight is 307 g/mol. The van der Waals surface area contributed by atoms with Gasteiger partial charge in [-0.15, -0.1) is 0 Å². The van der Waals surface area contributed by atoms with Crippen molar-refractivity contribution in [1.29, 1.82) is 0 Å². The summed E-state index contributed by atoms with van der Waals surface area (Å²) in [6, 6.07) is 0. The van der Waals surface area contributed by atoms with Gasteiger partial charge in [-0.3, -0.25) is 4.90 Å². The van der Waals surface area contributed by atoms with Crippen molar-refractivity contribution in [2.24, 2.45) is 17.1 Å². The normalized spacial score (nSPS) is 33.3. The zero-order valence-corrected chi connectivity index (χ0v) is 13.0. The van der Waals surface area contributed by atoms with E-state index in [0.29, 0.717) is 25.6 Å². The maximum atomic E-state index is 12.4. The highest BCUT2D eigenvalue weighted by Crippen LogP contribution is 2.39. The lowest BCUT2D eigenvalue weighted by molar-refractivity contribution is -0.149. The van der Waals surface area contributed by atoms with Crippen LogP contribution >= 0.6 is 0 Å². The summed E-state index contributed by atoms with van der Waals surface area (Å²) in [5.41, 5.74) is 6.23. The number of alkyl halides is 3. The second-order valence-corrected chi connectivity index (χ2v) is 7.07. The van der Waals surface area contributed by atoms with Gasteiger partial charge in [-0.05, 0) is 30.7 Å². The minimum Gasteiger partial charge on any atom is -0.330 e. The Hall–Kier alpha value is -0.330. The van der Waals surface area contributed by atoms with Crippen LogP contribution < -0.4 is 5.73 Å². The van der Waals surface area contributed by atoms with Crippen molar-refractivity contribution in [2.45, 2.75) is 38.8 Å². The van der Waals surface area contributed by atoms with Crippen LogP contribution in [-0.4, -0.2) is 61.8 Å². The molecule has 0 amide bonds. The van der Waals surface area contributed by atoms with E-state index in [-0.39, 0.29) is 5.41 Å². The Balaban J connectivity index is 1.82. The van der Waals surface area contributed by atoms with E-state index in [1.54, 1.807) is 0 Å². The maximum Gasteiger partial charge on any atom is 0.401 e. The van der Waals surface area contributed by atoms with Crippen LogP contribution in [0.2, 0.25) is 0 Å². The van der Waals surface area contributed by atoms with Gasteiger partial charge in [0, 0.05) is 32.7 Å². The summed E-state index contributed by atoms with van der Waals surface area (Å²) in [6.45, 7) is 5.63. The summed E-state index contributed by atoms with van der Waals surface area (Å²) in [4.78, 5) is 3.83. The molecule has 0 aromatic rings. The Labute approximate surface area is 125 Å². The summed E-state index contributed by atoms with van der Waals surface area (Å²) in [5, 5.41) is 0. The lowest BCUT2D eigenvalue weighted by Gasteiger charge is -2.45. The van der Waals surface area contributed by atoms with Gasteiger partial charge in [-0.1, -0.05) is 19.8 Å². The summed E-state index contributed by atoms with van der Waals surface area (Å²) in [7, 11) is 0. The molecule has 21 heavy (non-hydrogen) atoms. The number of rotatable bonds is 4. The zero-order valence-electron chi connectivity index (χ0n) is 13.0. The highest BCUT2D eigenvalue weighted by molar-refractivity contribution is 4.90. The fraction of sp³-hybridized carbons (Fsp3) is 1.00. The minimum atomic E-state index is -4.08. The van der Waals surface area contributed by atoms with Gasteiger partial charge < -0.3 is 10.6 Å². The van der Waals surface area contributed by atoms with E-state index in [4.69, 9.17) is 5.73 Å². The van der Waals surface area contributed by atoms with Crippen LogP contribution in [0.4, 0.5) is 13.2 Å². The number of halogens is 3. The van der Waals surface area contributed by atoms with Crippen LogP contribution in [0.3, 0.4) is 0 Å². The Kier molecular flexibility index (Phi) is 5.54. The van der Waals surface area contributed by atoms with Crippen molar-refractivity contribution < 1.29 is 13.2 Å². The van der Waals surface area contributed by atoms with Crippen molar-refractivity contribution in [2.75, 3.05) is 45.8 Å². The highest BCUT2D eigenvalue weighted by atomic mass is 19.4. The van der Waals surface area contributed by atoms with Crippen molar-refractivity contribution in [3.05, 3.63) is 0 Å². The van der Waals surface area contributed by atoms with Crippen LogP contribution in [0, 0.1) is 11.3 Å². The smallest absolute Gasteiger partial charge is 0.330 e. The molecule has 6 heteroatoms. The quantitative estimate of drug-likeness (QED) is 0.865. The lowest BCUT2D eigenvalue weighted by atomic mass is 9.69. The van der Waals surface area contributed by atoms with Crippen LogP contribution in [0.25, 0.3) is 0 Å². The first kappa shape index (κ1) is 17.0. The summed E-state index contributed by atoms with van der Waals surface area (Å²) in [5.74, 6) is 0.716. The second-order valence-electron chi connectivity index (χ2n) is 7.07. The molecule has 3 nitrogen and oxygen atoms in total. The molecule has 2 N–H and O–H groups in total. The van der Waals surface area contributed by atoms with Crippen LogP contribution in [0.15, 0.2) is 0 Å². The van der Waals surface area contributed by atoms with Gasteiger partial charge in [-0.25, -0.2) is 0 Å². The molecule has 1 aliphatic heterocycles. The molecule has 2 atom stereocenters. The number of nitrogens with zero attached hydrogens (tertiary/aromatic N) is 2. The lowest BCUT2D eigenvalue weighted by Crippen LogP contribution is -2.53. The zero-order chi connectivity index (χ0) is 15.5. The van der Waals surface area contributed by atoms with Gasteiger partial charge in [0.25, 0.3) is 0 Å².